The quantitative estimate of drug-likeness (QED) is 0.901. The van der Waals surface area contributed by atoms with Gasteiger partial charge in [-0.3, -0.25) is 14.6 Å². The first-order valence-electron chi connectivity index (χ1n) is 9.26. The molecule has 4 nitrogen and oxygen atoms in total. The fraction of sp³-hybridized carbons (Fsp3) is 0.650. The number of nitrogens with zero attached hydrogens (tertiary/aromatic N) is 2. The molecule has 0 aromatic heterocycles. The van der Waals surface area contributed by atoms with Crippen molar-refractivity contribution < 1.29 is 9.90 Å². The van der Waals surface area contributed by atoms with Crippen LogP contribution in [0, 0.1) is 12.3 Å². The number of carboxylic acid groups (broad SMARTS) is 1. The third-order valence-electron chi connectivity index (χ3n) is 5.85. The number of aliphatic carboxylic acids is 1. The molecule has 2 aliphatic rings. The van der Waals surface area contributed by atoms with Crippen molar-refractivity contribution in [3.63, 3.8) is 0 Å². The van der Waals surface area contributed by atoms with Gasteiger partial charge in [0.2, 0.25) is 0 Å². The molecule has 24 heavy (non-hydrogen) atoms. The summed E-state index contributed by atoms with van der Waals surface area (Å²) in [5.74, 6) is -0.637. The fourth-order valence-corrected chi connectivity index (χ4v) is 4.41. The Morgan fingerprint density at radius 3 is 2.50 bits per heavy atom. The molecule has 0 bridgehead atoms. The van der Waals surface area contributed by atoms with E-state index in [1.54, 1.807) is 0 Å². The number of likely N-dealkylation sites (tertiary alicyclic amines) is 2. The van der Waals surface area contributed by atoms with Crippen molar-refractivity contribution in [2.45, 2.75) is 52.1 Å². The molecule has 0 amide bonds. The van der Waals surface area contributed by atoms with Gasteiger partial charge in [-0.1, -0.05) is 36.8 Å². The normalized spacial score (nSPS) is 24.5. The second-order valence-electron chi connectivity index (χ2n) is 7.79. The molecule has 0 saturated carbocycles. The topological polar surface area (TPSA) is 43.8 Å². The van der Waals surface area contributed by atoms with E-state index in [1.807, 2.05) is 0 Å². The van der Waals surface area contributed by atoms with Gasteiger partial charge in [0, 0.05) is 13.1 Å². The summed E-state index contributed by atoms with van der Waals surface area (Å²) in [5.41, 5.74) is 2.90. The van der Waals surface area contributed by atoms with Crippen molar-refractivity contribution in [3.8, 4) is 0 Å². The number of carbonyl (C=O) groups is 1. The molecule has 0 radical (unpaired) electrons. The molecule has 3 rings (SSSR count). The van der Waals surface area contributed by atoms with E-state index >= 15 is 0 Å². The molecule has 1 spiro atoms. The summed E-state index contributed by atoms with van der Waals surface area (Å²) in [6.07, 6.45) is 4.12. The van der Waals surface area contributed by atoms with Crippen LogP contribution in [0.3, 0.4) is 0 Å². The van der Waals surface area contributed by atoms with E-state index in [9.17, 15) is 9.90 Å². The Kier molecular flexibility index (Phi) is 5.26. The minimum absolute atomic E-state index is 0.224. The zero-order chi connectivity index (χ0) is 17.2. The van der Waals surface area contributed by atoms with Gasteiger partial charge in [-0.2, -0.15) is 0 Å². The van der Waals surface area contributed by atoms with Crippen molar-refractivity contribution in [2.24, 2.45) is 5.41 Å². The van der Waals surface area contributed by atoms with Gasteiger partial charge in [0.25, 0.3) is 0 Å². The van der Waals surface area contributed by atoms with Gasteiger partial charge in [-0.15, -0.1) is 0 Å². The van der Waals surface area contributed by atoms with Crippen molar-refractivity contribution in [2.75, 3.05) is 26.2 Å². The highest BCUT2D eigenvalue weighted by Gasteiger charge is 2.47. The van der Waals surface area contributed by atoms with Gasteiger partial charge >= 0.3 is 5.97 Å². The summed E-state index contributed by atoms with van der Waals surface area (Å²) < 4.78 is 0. The predicted molar refractivity (Wildman–Crippen MR) is 96.0 cm³/mol. The van der Waals surface area contributed by atoms with Crippen LogP contribution >= 0.6 is 0 Å². The maximum atomic E-state index is 11.6. The Bertz CT molecular complexity index is 562. The first-order chi connectivity index (χ1) is 11.5. The van der Waals surface area contributed by atoms with Crippen molar-refractivity contribution in [3.05, 3.63) is 35.4 Å². The minimum atomic E-state index is -0.637. The lowest BCUT2D eigenvalue weighted by Gasteiger charge is -2.39. The average molecular weight is 330 g/mol. The highest BCUT2D eigenvalue weighted by Crippen LogP contribution is 2.43. The van der Waals surface area contributed by atoms with E-state index < -0.39 is 5.97 Å². The van der Waals surface area contributed by atoms with Crippen molar-refractivity contribution in [1.82, 2.24) is 9.80 Å². The number of benzene rings is 1. The summed E-state index contributed by atoms with van der Waals surface area (Å²) in [6.45, 7) is 9.31. The molecule has 2 fully saturated rings. The first-order valence-corrected chi connectivity index (χ1v) is 9.26. The largest absolute Gasteiger partial charge is 0.480 e. The van der Waals surface area contributed by atoms with E-state index in [0.717, 1.165) is 58.4 Å². The van der Waals surface area contributed by atoms with Gasteiger partial charge in [-0.25, -0.2) is 0 Å². The number of hydrogen-bond donors (Lipinski definition) is 1. The van der Waals surface area contributed by atoms with Crippen LogP contribution in [0.2, 0.25) is 0 Å². The summed E-state index contributed by atoms with van der Waals surface area (Å²) in [5, 5.41) is 9.54. The third-order valence-corrected chi connectivity index (χ3v) is 5.85. The van der Waals surface area contributed by atoms with Gasteiger partial charge < -0.3 is 5.11 Å². The molecule has 1 atom stereocenters. The Labute approximate surface area is 145 Å². The van der Waals surface area contributed by atoms with Gasteiger partial charge in [0.1, 0.15) is 6.04 Å². The molecule has 132 valence electrons. The number of carboxylic acids is 1. The molecule has 1 N–H and O–H groups in total. The van der Waals surface area contributed by atoms with E-state index in [-0.39, 0.29) is 11.5 Å². The number of piperidine rings is 1. The average Bonchev–Trinajstić information content (AvgIpc) is 2.91. The molecule has 1 aromatic rings. The summed E-state index contributed by atoms with van der Waals surface area (Å²) >= 11 is 0. The highest BCUT2D eigenvalue weighted by atomic mass is 16.4. The first kappa shape index (κ1) is 17.4. The molecule has 2 heterocycles. The second kappa shape index (κ2) is 7.24. The lowest BCUT2D eigenvalue weighted by molar-refractivity contribution is -0.142. The lowest BCUT2D eigenvalue weighted by Crippen LogP contribution is -2.41. The molecule has 0 unspecified atom stereocenters. The van der Waals surface area contributed by atoms with E-state index in [1.165, 1.54) is 11.1 Å². The third kappa shape index (κ3) is 3.81. The molecule has 0 aliphatic carbocycles. The smallest absolute Gasteiger partial charge is 0.320 e. The van der Waals surface area contributed by atoms with E-state index in [4.69, 9.17) is 0 Å². The molecule has 2 saturated heterocycles. The minimum Gasteiger partial charge on any atom is -0.480 e. The van der Waals surface area contributed by atoms with Crippen LogP contribution < -0.4 is 0 Å². The summed E-state index contributed by atoms with van der Waals surface area (Å²) in [6, 6.07) is 8.53. The van der Waals surface area contributed by atoms with E-state index in [2.05, 4.69) is 47.9 Å². The van der Waals surface area contributed by atoms with Crippen molar-refractivity contribution in [1.29, 1.82) is 0 Å². The summed E-state index contributed by atoms with van der Waals surface area (Å²) in [7, 11) is 0. The zero-order valence-corrected chi connectivity index (χ0v) is 15.0. The van der Waals surface area contributed by atoms with Crippen LogP contribution in [0.5, 0.6) is 0 Å². The van der Waals surface area contributed by atoms with Crippen LogP contribution in [0.4, 0.5) is 0 Å². The van der Waals surface area contributed by atoms with Gasteiger partial charge in [0.15, 0.2) is 0 Å². The van der Waals surface area contributed by atoms with Crippen LogP contribution in [0.15, 0.2) is 24.3 Å². The summed E-state index contributed by atoms with van der Waals surface area (Å²) in [4.78, 5) is 16.3. The molecule has 4 heteroatoms. The maximum Gasteiger partial charge on any atom is 0.320 e. The van der Waals surface area contributed by atoms with Crippen LogP contribution in [0.25, 0.3) is 0 Å². The monoisotopic (exact) mass is 330 g/mol. The van der Waals surface area contributed by atoms with Crippen LogP contribution in [0.1, 0.15) is 43.7 Å². The second-order valence-corrected chi connectivity index (χ2v) is 7.79. The maximum absolute atomic E-state index is 11.6. The Hall–Kier alpha value is -1.39. The lowest BCUT2D eigenvalue weighted by atomic mass is 9.76. The fourth-order valence-electron chi connectivity index (χ4n) is 4.41. The number of rotatable bonds is 5. The highest BCUT2D eigenvalue weighted by molar-refractivity contribution is 5.74. The Morgan fingerprint density at radius 1 is 1.25 bits per heavy atom. The molecular formula is C20H30N2O2. The molecular weight excluding hydrogens is 300 g/mol. The van der Waals surface area contributed by atoms with E-state index in [0.29, 0.717) is 0 Å². The van der Waals surface area contributed by atoms with Gasteiger partial charge in [-0.05, 0) is 63.2 Å². The zero-order valence-electron chi connectivity index (χ0n) is 15.0. The number of aryl methyl sites for hydroxylation is 1. The van der Waals surface area contributed by atoms with Crippen molar-refractivity contribution >= 4 is 5.97 Å². The number of hydrogen-bond acceptors (Lipinski definition) is 3. The SMILES string of the molecule is CCCN1CC2(CCN(Cc3ccc(C)cc3)CC2)C[C@@H]1C(=O)O. The van der Waals surface area contributed by atoms with Crippen LogP contribution in [-0.4, -0.2) is 53.1 Å². The van der Waals surface area contributed by atoms with Crippen LogP contribution in [-0.2, 0) is 11.3 Å². The predicted octanol–water partition coefficient (Wildman–Crippen LogP) is 3.15. The molecule has 1 aromatic carbocycles. The molecule has 2 aliphatic heterocycles. The van der Waals surface area contributed by atoms with Gasteiger partial charge in [0.05, 0.1) is 0 Å². The standard InChI is InChI=1S/C20H30N2O2/c1-3-10-22-15-20(13-18(22)19(23)24)8-11-21(12-9-20)14-17-6-4-16(2)5-7-17/h4-7,18H,3,8-15H2,1-2H3,(H,23,24)/t18-/m1/s1. The Morgan fingerprint density at radius 2 is 1.92 bits per heavy atom. The Balaban J connectivity index is 1.58.